The van der Waals surface area contributed by atoms with Gasteiger partial charge in [-0.05, 0) is 61.8 Å². The molecule has 1 aromatic carbocycles. The number of nitrogens with one attached hydrogen (secondary N) is 1. The molecule has 0 radical (unpaired) electrons. The summed E-state index contributed by atoms with van der Waals surface area (Å²) in [7, 11) is 1.82. The van der Waals surface area contributed by atoms with Gasteiger partial charge >= 0.3 is 0 Å². The number of H-pyrrole nitrogens is 1. The highest BCUT2D eigenvalue weighted by Crippen LogP contribution is 2.44. The Morgan fingerprint density at radius 1 is 1.12 bits per heavy atom. The second-order valence-corrected chi connectivity index (χ2v) is 12.8. The molecule has 3 aliphatic rings. The van der Waals surface area contributed by atoms with Crippen molar-refractivity contribution in [1.29, 1.82) is 0 Å². The average molecular weight is 557 g/mol. The van der Waals surface area contributed by atoms with Crippen molar-refractivity contribution < 1.29 is 4.74 Å². The number of ether oxygens (including phenoxy) is 1. The fraction of sp³-hybridized carbons (Fsp3) is 0.469. The molecule has 4 aromatic rings. The van der Waals surface area contributed by atoms with Crippen molar-refractivity contribution in [2.45, 2.75) is 71.6 Å². The van der Waals surface area contributed by atoms with Crippen LogP contribution in [0.4, 0.5) is 11.5 Å². The minimum Gasteiger partial charge on any atom is -0.366 e. The quantitative estimate of drug-likeness (QED) is 0.285. The number of rotatable bonds is 5. The first kappa shape index (κ1) is 25.8. The van der Waals surface area contributed by atoms with E-state index in [0.717, 1.165) is 72.9 Å². The minimum absolute atomic E-state index is 0.00322. The van der Waals surface area contributed by atoms with Crippen LogP contribution >= 0.6 is 11.6 Å². The molecule has 2 fully saturated rings. The zero-order chi connectivity index (χ0) is 27.6. The van der Waals surface area contributed by atoms with E-state index in [-0.39, 0.29) is 11.6 Å². The molecule has 1 atom stereocenters. The van der Waals surface area contributed by atoms with E-state index in [4.69, 9.17) is 26.3 Å². The molecule has 208 valence electrons. The molecule has 1 saturated heterocycles. The molecule has 2 aliphatic heterocycles. The first-order valence-corrected chi connectivity index (χ1v) is 14.9. The lowest BCUT2D eigenvalue weighted by Gasteiger charge is -2.47. The summed E-state index contributed by atoms with van der Waals surface area (Å²) < 4.78 is 6.18. The molecule has 40 heavy (non-hydrogen) atoms. The summed E-state index contributed by atoms with van der Waals surface area (Å²) in [4.78, 5) is 23.1. The summed E-state index contributed by atoms with van der Waals surface area (Å²) >= 11 is 6.78. The molecule has 1 aliphatic carbocycles. The topological polar surface area (TPSA) is 70.2 Å². The summed E-state index contributed by atoms with van der Waals surface area (Å²) in [6, 6.07) is 9.04. The normalized spacial score (nSPS) is 20.7. The number of benzene rings is 1. The molecule has 8 heteroatoms. The highest BCUT2D eigenvalue weighted by molar-refractivity contribution is 6.34. The molecule has 7 rings (SSSR count). The lowest BCUT2D eigenvalue weighted by atomic mass is 9.81. The predicted octanol–water partition coefficient (Wildman–Crippen LogP) is 7.02. The zero-order valence-electron chi connectivity index (χ0n) is 23.8. The van der Waals surface area contributed by atoms with E-state index in [2.05, 4.69) is 58.7 Å². The first-order chi connectivity index (χ1) is 19.3. The Bertz CT molecular complexity index is 1590. The standard InChI is InChI=1S/C32H37ClN6O/c1-19-6-7-21(20-8-9-20)16-26(19)38-15-11-25-23(18-38)30(39-14-5-12-32(2,3)31(39)40-4)37-29(36-25)27-22-10-13-34-28(22)35-17-24(27)33/h6-7,10,13,16-17,20,31H,5,8-9,11-12,14-15,18H2,1-4H3,(H,34,35). The van der Waals surface area contributed by atoms with Crippen LogP contribution in [0.3, 0.4) is 0 Å². The highest BCUT2D eigenvalue weighted by atomic mass is 35.5. The van der Waals surface area contributed by atoms with E-state index in [9.17, 15) is 0 Å². The molecule has 3 aromatic heterocycles. The Morgan fingerprint density at radius 2 is 1.98 bits per heavy atom. The van der Waals surface area contributed by atoms with Crippen LogP contribution in [0.15, 0.2) is 36.7 Å². The van der Waals surface area contributed by atoms with Gasteiger partial charge in [0.25, 0.3) is 0 Å². The van der Waals surface area contributed by atoms with Crippen LogP contribution in [-0.2, 0) is 17.7 Å². The van der Waals surface area contributed by atoms with E-state index in [1.807, 2.05) is 19.4 Å². The van der Waals surface area contributed by atoms with Gasteiger partial charge in [0.2, 0.25) is 0 Å². The van der Waals surface area contributed by atoms with Crippen molar-refractivity contribution in [3.05, 3.63) is 64.1 Å². The summed E-state index contributed by atoms with van der Waals surface area (Å²) in [5, 5.41) is 1.50. The van der Waals surface area contributed by atoms with Gasteiger partial charge in [0, 0.05) is 67.6 Å². The number of aromatic amines is 1. The van der Waals surface area contributed by atoms with Crippen molar-refractivity contribution >= 4 is 34.1 Å². The highest BCUT2D eigenvalue weighted by Gasteiger charge is 2.40. The molecular weight excluding hydrogens is 520 g/mol. The van der Waals surface area contributed by atoms with Crippen LogP contribution in [-0.4, -0.2) is 46.4 Å². The molecule has 7 nitrogen and oxygen atoms in total. The molecule has 0 spiro atoms. The van der Waals surface area contributed by atoms with Crippen LogP contribution in [0.5, 0.6) is 0 Å². The van der Waals surface area contributed by atoms with Crippen LogP contribution in [0.25, 0.3) is 22.4 Å². The lowest BCUT2D eigenvalue weighted by molar-refractivity contribution is -0.0156. The van der Waals surface area contributed by atoms with Gasteiger partial charge in [-0.15, -0.1) is 0 Å². The number of piperidine rings is 1. The number of fused-ring (bicyclic) bond motifs is 2. The summed E-state index contributed by atoms with van der Waals surface area (Å²) in [5.41, 5.74) is 8.03. The number of halogens is 1. The van der Waals surface area contributed by atoms with Crippen molar-refractivity contribution in [1.82, 2.24) is 19.9 Å². The average Bonchev–Trinajstić information content (AvgIpc) is 3.69. The van der Waals surface area contributed by atoms with Gasteiger partial charge < -0.3 is 19.5 Å². The molecule has 0 bridgehead atoms. The largest absolute Gasteiger partial charge is 0.366 e. The number of aromatic nitrogens is 4. The summed E-state index contributed by atoms with van der Waals surface area (Å²) in [6.45, 7) is 9.40. The van der Waals surface area contributed by atoms with Crippen LogP contribution in [0.1, 0.15) is 67.8 Å². The third-order valence-electron chi connectivity index (χ3n) is 9.09. The van der Waals surface area contributed by atoms with Crippen LogP contribution in [0.2, 0.25) is 5.02 Å². The lowest BCUT2D eigenvalue weighted by Crippen LogP contribution is -2.52. The molecular formula is C32H37ClN6O. The Balaban J connectivity index is 1.38. The molecule has 5 heterocycles. The molecule has 1 unspecified atom stereocenters. The summed E-state index contributed by atoms with van der Waals surface area (Å²) in [5.74, 6) is 2.35. The van der Waals surface area contributed by atoms with Gasteiger partial charge in [-0.1, -0.05) is 37.6 Å². The number of nitrogens with zero attached hydrogens (tertiary/aromatic N) is 5. The van der Waals surface area contributed by atoms with Crippen molar-refractivity contribution in [3.8, 4) is 11.4 Å². The minimum atomic E-state index is -0.0800. The molecule has 1 N–H and O–H groups in total. The monoisotopic (exact) mass is 556 g/mol. The first-order valence-electron chi connectivity index (χ1n) is 14.5. The van der Waals surface area contributed by atoms with Crippen LogP contribution in [0, 0.1) is 12.3 Å². The van der Waals surface area contributed by atoms with Gasteiger partial charge in [-0.25, -0.2) is 15.0 Å². The van der Waals surface area contributed by atoms with Crippen molar-refractivity contribution in [2.75, 3.05) is 30.0 Å². The molecule has 0 amide bonds. The number of methoxy groups -OCH3 is 1. The fourth-order valence-corrected chi connectivity index (χ4v) is 7.07. The van der Waals surface area contributed by atoms with Gasteiger partial charge in [-0.2, -0.15) is 0 Å². The zero-order valence-corrected chi connectivity index (χ0v) is 24.6. The van der Waals surface area contributed by atoms with E-state index in [0.29, 0.717) is 10.8 Å². The number of hydrogen-bond donors (Lipinski definition) is 1. The number of hydrogen-bond acceptors (Lipinski definition) is 6. The summed E-state index contributed by atoms with van der Waals surface area (Å²) in [6.07, 6.45) is 9.16. The number of pyridine rings is 1. The maximum absolute atomic E-state index is 6.78. The van der Waals surface area contributed by atoms with E-state index < -0.39 is 0 Å². The third-order valence-corrected chi connectivity index (χ3v) is 9.38. The Hall–Kier alpha value is -3.16. The van der Waals surface area contributed by atoms with E-state index in [1.54, 1.807) is 6.20 Å². The smallest absolute Gasteiger partial charge is 0.164 e. The van der Waals surface area contributed by atoms with Gasteiger partial charge in [-0.3, -0.25) is 0 Å². The Kier molecular flexibility index (Phi) is 6.28. The van der Waals surface area contributed by atoms with Gasteiger partial charge in [0.05, 0.1) is 16.3 Å². The maximum Gasteiger partial charge on any atom is 0.164 e. The Morgan fingerprint density at radius 3 is 2.77 bits per heavy atom. The third kappa shape index (κ3) is 4.34. The second kappa shape index (κ2) is 9.74. The second-order valence-electron chi connectivity index (χ2n) is 12.4. The Labute approximate surface area is 240 Å². The maximum atomic E-state index is 6.78. The van der Waals surface area contributed by atoms with Gasteiger partial charge in [0.1, 0.15) is 17.7 Å². The predicted molar refractivity (Wildman–Crippen MR) is 161 cm³/mol. The van der Waals surface area contributed by atoms with Gasteiger partial charge in [0.15, 0.2) is 5.82 Å². The van der Waals surface area contributed by atoms with Crippen molar-refractivity contribution in [3.63, 3.8) is 0 Å². The van der Waals surface area contributed by atoms with E-state index >= 15 is 0 Å². The fourth-order valence-electron chi connectivity index (χ4n) is 6.83. The number of anilines is 2. The SMILES string of the molecule is COC1N(c2nc(-c3c(Cl)cnc4[nH]ccc34)nc3c2CN(c2cc(C4CC4)ccc2C)CC3)CCCC1(C)C. The van der Waals surface area contributed by atoms with E-state index in [1.165, 1.54) is 35.2 Å². The van der Waals surface area contributed by atoms with Crippen LogP contribution < -0.4 is 9.80 Å². The van der Waals surface area contributed by atoms with Crippen molar-refractivity contribution in [2.24, 2.45) is 5.41 Å². The molecule has 1 saturated carbocycles. The number of aryl methyl sites for hydroxylation is 1.